The van der Waals surface area contributed by atoms with Crippen LogP contribution >= 0.6 is 34.8 Å². The Kier molecular flexibility index (Phi) is 24.6. The van der Waals surface area contributed by atoms with Crippen molar-refractivity contribution in [3.05, 3.63) is 47.5 Å². The Morgan fingerprint density at radius 1 is 0.681 bits per heavy atom. The SMILES string of the molecule is CC(C)C[C@@H](NC(=O)OC(C)(C)C)C(=O)NC1Cc2cccc(N)c2NC1=O.CC(C)C[C@@H](NC(=O)OC(C)(C)C)C(=O)NC1Cc2cccc(NC(=O)CCCCl)c2NC1=O.O=C(Cl)CCCCl. The van der Waals surface area contributed by atoms with Crippen molar-refractivity contribution in [3.8, 4) is 0 Å². The van der Waals surface area contributed by atoms with Crippen LogP contribution in [-0.4, -0.2) is 94.1 Å². The zero-order valence-electron chi connectivity index (χ0n) is 41.3. The summed E-state index contributed by atoms with van der Waals surface area (Å²) in [5.74, 6) is -0.632. The average Bonchev–Trinajstić information content (AvgIpc) is 3.21. The van der Waals surface area contributed by atoms with Crippen LogP contribution < -0.4 is 43.0 Å². The number of alkyl halides is 2. The van der Waals surface area contributed by atoms with Gasteiger partial charge in [0.15, 0.2) is 0 Å². The number of carbonyl (C=O) groups excluding carboxylic acids is 8. The fourth-order valence-corrected chi connectivity index (χ4v) is 7.14. The molecule has 0 aliphatic carbocycles. The minimum atomic E-state index is -0.850. The first kappa shape index (κ1) is 59.8. The lowest BCUT2D eigenvalue weighted by Gasteiger charge is -2.29. The topological polar surface area (TPSA) is 265 Å². The number of fused-ring (bicyclic) bond motifs is 2. The van der Waals surface area contributed by atoms with Crippen LogP contribution in [0.15, 0.2) is 36.4 Å². The molecule has 2 aromatic carbocycles. The number of anilines is 4. The number of rotatable bonds is 17. The van der Waals surface area contributed by atoms with Crippen LogP contribution in [0.3, 0.4) is 0 Å². The number of halogens is 3. The zero-order valence-corrected chi connectivity index (χ0v) is 43.6. The second-order valence-corrected chi connectivity index (χ2v) is 20.6. The van der Waals surface area contributed by atoms with Crippen molar-refractivity contribution < 1.29 is 47.8 Å². The molecule has 2 unspecified atom stereocenters. The van der Waals surface area contributed by atoms with Crippen molar-refractivity contribution >= 4 is 105 Å². The van der Waals surface area contributed by atoms with Crippen molar-refractivity contribution in [1.82, 2.24) is 21.3 Å². The lowest BCUT2D eigenvalue weighted by Crippen LogP contribution is -2.55. The summed E-state index contributed by atoms with van der Waals surface area (Å²) in [6.45, 7) is 18.2. The van der Waals surface area contributed by atoms with Gasteiger partial charge in [-0.25, -0.2) is 9.59 Å². The van der Waals surface area contributed by atoms with Crippen LogP contribution in [0.4, 0.5) is 32.3 Å². The molecule has 9 N–H and O–H groups in total. The average molecular weight is 1030 g/mol. The van der Waals surface area contributed by atoms with E-state index < -0.39 is 65.3 Å². The first-order valence-corrected chi connectivity index (χ1v) is 24.4. The smallest absolute Gasteiger partial charge is 0.408 e. The van der Waals surface area contributed by atoms with Gasteiger partial charge in [-0.2, -0.15) is 0 Å². The quantitative estimate of drug-likeness (QED) is 0.0436. The van der Waals surface area contributed by atoms with E-state index in [-0.39, 0.29) is 41.7 Å². The number of ether oxygens (including phenoxy) is 2. The molecular formula is C48H71Cl3N8O10. The van der Waals surface area contributed by atoms with E-state index in [0.717, 1.165) is 11.1 Å². The molecule has 2 aliphatic heterocycles. The van der Waals surface area contributed by atoms with Crippen molar-refractivity contribution in [2.75, 3.05) is 33.4 Å². The number of hydrogen-bond donors (Lipinski definition) is 8. The van der Waals surface area contributed by atoms with E-state index >= 15 is 0 Å². The van der Waals surface area contributed by atoms with E-state index in [9.17, 15) is 38.4 Å². The van der Waals surface area contributed by atoms with E-state index in [4.69, 9.17) is 50.0 Å². The number of hydrogen-bond acceptors (Lipinski definition) is 11. The van der Waals surface area contributed by atoms with Gasteiger partial charge in [0, 0.05) is 37.4 Å². The van der Waals surface area contributed by atoms with Gasteiger partial charge in [-0.15, -0.1) is 23.2 Å². The molecule has 18 nitrogen and oxygen atoms in total. The number of amides is 7. The Hall–Kier alpha value is -5.33. The van der Waals surface area contributed by atoms with E-state index in [1.807, 2.05) is 39.8 Å². The molecule has 0 fully saturated rings. The van der Waals surface area contributed by atoms with E-state index in [2.05, 4.69) is 37.2 Å². The number of alkyl carbamates (subject to hydrolysis) is 2. The molecule has 0 bridgehead atoms. The third-order valence-corrected chi connectivity index (χ3v) is 10.4. The van der Waals surface area contributed by atoms with Crippen molar-refractivity contribution in [2.45, 2.75) is 156 Å². The molecule has 384 valence electrons. The number of benzene rings is 2. The maximum absolute atomic E-state index is 13.0. The highest BCUT2D eigenvalue weighted by Crippen LogP contribution is 2.31. The van der Waals surface area contributed by atoms with Crippen molar-refractivity contribution in [2.24, 2.45) is 11.8 Å². The number of para-hydroxylation sites is 2. The van der Waals surface area contributed by atoms with Crippen LogP contribution in [0.25, 0.3) is 0 Å². The molecule has 0 spiro atoms. The summed E-state index contributed by atoms with van der Waals surface area (Å²) < 4.78 is 10.5. The molecule has 2 aromatic rings. The Morgan fingerprint density at radius 2 is 1.10 bits per heavy atom. The molecule has 4 rings (SSSR count). The van der Waals surface area contributed by atoms with Crippen LogP contribution in [0.2, 0.25) is 0 Å². The minimum Gasteiger partial charge on any atom is -0.444 e. The summed E-state index contributed by atoms with van der Waals surface area (Å²) >= 11 is 15.8. The third-order valence-electron chi connectivity index (χ3n) is 9.69. The number of nitrogen functional groups attached to an aromatic ring is 1. The lowest BCUT2D eigenvalue weighted by atomic mass is 9.96. The van der Waals surface area contributed by atoms with Gasteiger partial charge >= 0.3 is 12.2 Å². The van der Waals surface area contributed by atoms with Gasteiger partial charge in [0.25, 0.3) is 0 Å². The molecule has 0 saturated carbocycles. The maximum atomic E-state index is 13.0. The van der Waals surface area contributed by atoms with E-state index in [0.29, 0.717) is 73.0 Å². The monoisotopic (exact) mass is 1020 g/mol. The van der Waals surface area contributed by atoms with Gasteiger partial charge in [-0.1, -0.05) is 52.0 Å². The van der Waals surface area contributed by atoms with Gasteiger partial charge in [0.2, 0.25) is 34.8 Å². The van der Waals surface area contributed by atoms with Crippen molar-refractivity contribution in [1.29, 1.82) is 0 Å². The molecule has 2 heterocycles. The summed E-state index contributed by atoms with van der Waals surface area (Å²) in [4.78, 5) is 97.3. The molecule has 0 saturated heterocycles. The Balaban J connectivity index is 0.000000421. The third kappa shape index (κ3) is 22.8. The standard InChI is InChI=1S/C24H35ClN4O5.C20H30N4O4.C4H6Cl2O/c1-14(2)12-17(28-23(33)34-24(3,4)5)21(31)27-18-13-15-8-6-9-16(20(15)29-22(18)32)26-19(30)10-7-11-25;1-11(2)9-14(23-19(27)28-20(3,4)5)17(25)22-15-10-12-7-6-8-13(21)16(12)24-18(15)26;5-3-1-2-4(6)7/h6,8-9,14,17-18H,7,10-13H2,1-5H3,(H,26,30)(H,27,31)(H,28,33)(H,29,32);6-8,11,14-15H,9-10,21H2,1-5H3,(H,22,25)(H,23,27)(H,24,26);1-3H2/t17-,18?;14-,15?;/m11./s1. The van der Waals surface area contributed by atoms with Gasteiger partial charge < -0.3 is 52.4 Å². The van der Waals surface area contributed by atoms with Crippen LogP contribution in [0, 0.1) is 11.8 Å². The zero-order chi connectivity index (χ0) is 52.2. The van der Waals surface area contributed by atoms with E-state index in [1.54, 1.807) is 65.8 Å². The normalized spacial score (nSPS) is 15.9. The highest BCUT2D eigenvalue weighted by atomic mass is 35.5. The summed E-state index contributed by atoms with van der Waals surface area (Å²) in [5.41, 5.74) is 8.24. The van der Waals surface area contributed by atoms with Crippen LogP contribution in [0.1, 0.15) is 119 Å². The molecular weight excluding hydrogens is 955 g/mol. The van der Waals surface area contributed by atoms with E-state index in [1.165, 1.54) is 0 Å². The highest BCUT2D eigenvalue weighted by Gasteiger charge is 2.34. The second kappa shape index (κ2) is 28.4. The lowest BCUT2D eigenvalue weighted by molar-refractivity contribution is -0.128. The predicted octanol–water partition coefficient (Wildman–Crippen LogP) is 7.52. The number of carbonyl (C=O) groups is 8. The van der Waals surface area contributed by atoms with Gasteiger partial charge in [-0.05, 0) is 114 Å². The Bertz CT molecular complexity index is 2110. The molecule has 4 atom stereocenters. The molecule has 2 aliphatic rings. The fraction of sp³-hybridized carbons (Fsp3) is 0.583. The first-order valence-electron chi connectivity index (χ1n) is 22.9. The van der Waals surface area contributed by atoms with Crippen molar-refractivity contribution in [3.63, 3.8) is 0 Å². The van der Waals surface area contributed by atoms with Gasteiger partial charge in [0.1, 0.15) is 35.4 Å². The summed E-state index contributed by atoms with van der Waals surface area (Å²) in [6.07, 6.45) is 1.94. The predicted molar refractivity (Wildman–Crippen MR) is 270 cm³/mol. The Labute approximate surface area is 420 Å². The van der Waals surface area contributed by atoms with Crippen LogP contribution in [-0.2, 0) is 51.1 Å². The van der Waals surface area contributed by atoms with Gasteiger partial charge in [0.05, 0.1) is 22.7 Å². The molecule has 7 amide bonds. The number of nitrogens with one attached hydrogen (secondary N) is 7. The second-order valence-electron chi connectivity index (χ2n) is 19.4. The molecule has 0 aromatic heterocycles. The van der Waals surface area contributed by atoms with Gasteiger partial charge in [-0.3, -0.25) is 28.8 Å². The molecule has 21 heteroatoms. The summed E-state index contributed by atoms with van der Waals surface area (Å²) in [6, 6.07) is 7.47. The Morgan fingerprint density at radius 3 is 1.51 bits per heavy atom. The summed E-state index contributed by atoms with van der Waals surface area (Å²) in [7, 11) is 0. The molecule has 0 radical (unpaired) electrons. The number of nitrogens with two attached hydrogens (primary N) is 1. The summed E-state index contributed by atoms with van der Waals surface area (Å²) in [5, 5.41) is 18.7. The fourth-order valence-electron chi connectivity index (χ4n) is 6.74. The largest absolute Gasteiger partial charge is 0.444 e. The highest BCUT2D eigenvalue weighted by molar-refractivity contribution is 6.63. The maximum Gasteiger partial charge on any atom is 0.408 e. The molecule has 69 heavy (non-hydrogen) atoms. The first-order chi connectivity index (χ1) is 32.1. The van der Waals surface area contributed by atoms with Crippen LogP contribution in [0.5, 0.6) is 0 Å². The minimum absolute atomic E-state index is 0.122.